The summed E-state index contributed by atoms with van der Waals surface area (Å²) in [6, 6.07) is 12.9. The zero-order valence-corrected chi connectivity index (χ0v) is 32.2. The van der Waals surface area contributed by atoms with Crippen LogP contribution in [0.1, 0.15) is 85.7 Å². The first kappa shape index (κ1) is 37.3. The molecule has 9 rings (SSSR count). The lowest BCUT2D eigenvalue weighted by Gasteiger charge is -2.38. The van der Waals surface area contributed by atoms with Crippen molar-refractivity contribution in [2.24, 2.45) is 5.92 Å². The number of rotatable bonds is 7. The highest BCUT2D eigenvalue weighted by molar-refractivity contribution is 6.10. The first-order valence-corrected chi connectivity index (χ1v) is 20.3. The van der Waals surface area contributed by atoms with Gasteiger partial charge in [-0.05, 0) is 99.7 Å². The second-order valence-electron chi connectivity index (χ2n) is 15.9. The first-order valence-electron chi connectivity index (χ1n) is 20.3. The second kappa shape index (κ2) is 15.9. The summed E-state index contributed by atoms with van der Waals surface area (Å²) in [6.07, 6.45) is 12.6. The maximum absolute atomic E-state index is 15.4. The number of allylic oxidation sites excluding steroid dienone is 2. The fourth-order valence-electron chi connectivity index (χ4n) is 9.20. The SMILES string of the molecule is O=C=C1CCC(c2ccc(N3CCC(C(=O)N4CCC(n5cc6cc(NC(=O)c7cccn8cnnc78)c(N7CCCCC7)cc6n5)CC4)CC3)cc2F)C(=C=O)N1. The highest BCUT2D eigenvalue weighted by atomic mass is 19.1. The molecule has 14 nitrogen and oxygen atoms in total. The molecule has 0 aliphatic carbocycles. The number of fused-ring (bicyclic) bond motifs is 2. The van der Waals surface area contributed by atoms with Crippen LogP contribution in [-0.2, 0) is 14.4 Å². The number of amides is 2. The van der Waals surface area contributed by atoms with Gasteiger partial charge in [0, 0.05) is 74.6 Å². The topological polar surface area (TPSA) is 150 Å². The van der Waals surface area contributed by atoms with Gasteiger partial charge in [0.05, 0.1) is 28.5 Å². The van der Waals surface area contributed by atoms with Crippen molar-refractivity contribution in [2.75, 3.05) is 54.4 Å². The van der Waals surface area contributed by atoms with E-state index in [4.69, 9.17) is 5.10 Å². The van der Waals surface area contributed by atoms with Gasteiger partial charge in [0.2, 0.25) is 5.91 Å². The van der Waals surface area contributed by atoms with Gasteiger partial charge in [-0.25, -0.2) is 14.0 Å². The van der Waals surface area contributed by atoms with Gasteiger partial charge in [-0.3, -0.25) is 18.7 Å². The Morgan fingerprint density at radius 3 is 2.45 bits per heavy atom. The fourth-order valence-corrected chi connectivity index (χ4v) is 9.20. The smallest absolute Gasteiger partial charge is 0.259 e. The van der Waals surface area contributed by atoms with Crippen LogP contribution in [0.3, 0.4) is 0 Å². The number of halogens is 1. The van der Waals surface area contributed by atoms with Crippen LogP contribution in [0.15, 0.2) is 72.6 Å². The second-order valence-corrected chi connectivity index (χ2v) is 15.9. The molecule has 0 saturated carbocycles. The van der Waals surface area contributed by atoms with Crippen molar-refractivity contribution in [1.82, 2.24) is 34.6 Å². The predicted molar refractivity (Wildman–Crippen MR) is 216 cm³/mol. The minimum Gasteiger partial charge on any atom is -0.371 e. The number of aromatic nitrogens is 5. The standard InChI is InChI=1S/C43H45FN10O4/c44-36-22-32(7-9-33(36)34-8-6-30(25-55)46-39(34)26-56)50-17-10-28(11-18-50)43(58)52-19-12-31(13-20-52)54-24-29-21-38(40(23-37(29)49-54)51-14-2-1-3-15-51)47-42(57)35-5-4-16-53-27-45-48-41(35)53/h4-5,7,9,16,21-24,27-28,31,34,46H,1-3,6,8,10-15,17-20H2,(H,47,57). The van der Waals surface area contributed by atoms with Gasteiger partial charge < -0.3 is 25.3 Å². The number of anilines is 3. The molecule has 2 aromatic carbocycles. The summed E-state index contributed by atoms with van der Waals surface area (Å²) in [5.41, 5.74) is 5.09. The molecule has 0 radical (unpaired) electrons. The third kappa shape index (κ3) is 7.23. The zero-order valence-electron chi connectivity index (χ0n) is 32.2. The lowest BCUT2D eigenvalue weighted by Crippen LogP contribution is -2.45. The highest BCUT2D eigenvalue weighted by Crippen LogP contribution is 2.37. The van der Waals surface area contributed by atoms with E-state index in [1.807, 2.05) is 39.9 Å². The number of likely N-dealkylation sites (tertiary alicyclic amines) is 1. The molecule has 2 N–H and O–H groups in total. The Morgan fingerprint density at radius 2 is 1.69 bits per heavy atom. The number of hydrogen-bond donors (Lipinski definition) is 2. The molecule has 1 atom stereocenters. The number of nitrogens with one attached hydrogen (secondary N) is 2. The van der Waals surface area contributed by atoms with Crippen molar-refractivity contribution < 1.29 is 23.6 Å². The van der Waals surface area contributed by atoms with Crippen molar-refractivity contribution in [3.05, 3.63) is 89.5 Å². The molecule has 15 heteroatoms. The molecule has 1 unspecified atom stereocenters. The Labute approximate surface area is 334 Å². The number of benzene rings is 2. The highest BCUT2D eigenvalue weighted by Gasteiger charge is 2.33. The molecule has 7 heterocycles. The minimum atomic E-state index is -0.499. The minimum absolute atomic E-state index is 0.0866. The summed E-state index contributed by atoms with van der Waals surface area (Å²) in [5, 5.41) is 20.0. The normalized spacial score (nSPS) is 19.6. The largest absolute Gasteiger partial charge is 0.371 e. The van der Waals surface area contributed by atoms with Crippen LogP contribution < -0.4 is 20.4 Å². The van der Waals surface area contributed by atoms with E-state index in [9.17, 15) is 19.2 Å². The fraction of sp³-hybridized carbons (Fsp3) is 0.419. The molecule has 3 aromatic heterocycles. The quantitative estimate of drug-likeness (QED) is 0.205. The van der Waals surface area contributed by atoms with Gasteiger partial charge in [-0.2, -0.15) is 5.10 Å². The first-order chi connectivity index (χ1) is 28.4. The van der Waals surface area contributed by atoms with E-state index >= 15 is 4.39 Å². The van der Waals surface area contributed by atoms with E-state index in [1.165, 1.54) is 12.5 Å². The van der Waals surface area contributed by atoms with E-state index in [0.29, 0.717) is 68.6 Å². The summed E-state index contributed by atoms with van der Waals surface area (Å²) in [6.45, 7) is 4.41. The monoisotopic (exact) mass is 784 g/mol. The van der Waals surface area contributed by atoms with Crippen LogP contribution in [0.25, 0.3) is 16.6 Å². The molecule has 5 aromatic rings. The van der Waals surface area contributed by atoms with Crippen LogP contribution >= 0.6 is 0 Å². The van der Waals surface area contributed by atoms with E-state index in [0.717, 1.165) is 66.7 Å². The van der Waals surface area contributed by atoms with E-state index in [2.05, 4.69) is 42.9 Å². The number of carbonyl (C=O) groups is 2. The third-order valence-corrected chi connectivity index (χ3v) is 12.4. The summed E-state index contributed by atoms with van der Waals surface area (Å²) in [7, 11) is 0. The van der Waals surface area contributed by atoms with Gasteiger partial charge in [0.15, 0.2) is 5.65 Å². The number of hydrogen-bond acceptors (Lipinski definition) is 10. The van der Waals surface area contributed by atoms with E-state index in [-0.39, 0.29) is 35.2 Å². The maximum atomic E-state index is 15.4. The molecule has 58 heavy (non-hydrogen) atoms. The summed E-state index contributed by atoms with van der Waals surface area (Å²) in [5.74, 6) is 2.56. The Morgan fingerprint density at radius 1 is 0.879 bits per heavy atom. The summed E-state index contributed by atoms with van der Waals surface area (Å²) in [4.78, 5) is 56.4. The molecule has 0 bridgehead atoms. The Bertz CT molecular complexity index is 2480. The number of nitrogens with zero attached hydrogens (tertiary/aromatic N) is 8. The number of pyridine rings is 1. The molecule has 0 spiro atoms. The van der Waals surface area contributed by atoms with Crippen molar-refractivity contribution in [3.63, 3.8) is 0 Å². The average Bonchev–Trinajstić information content (AvgIpc) is 3.93. The number of carbonyl (C=O) groups excluding carboxylic acids is 4. The lowest BCUT2D eigenvalue weighted by molar-refractivity contribution is -0.137. The molecular weight excluding hydrogens is 740 g/mol. The molecule has 4 fully saturated rings. The third-order valence-electron chi connectivity index (χ3n) is 12.4. The van der Waals surface area contributed by atoms with Crippen LogP contribution in [0.4, 0.5) is 21.5 Å². The van der Waals surface area contributed by atoms with Gasteiger partial charge in [0.1, 0.15) is 35.4 Å². The van der Waals surface area contributed by atoms with Crippen molar-refractivity contribution in [1.29, 1.82) is 0 Å². The molecular formula is C43H45FN10O4. The van der Waals surface area contributed by atoms with Gasteiger partial charge in [0.25, 0.3) is 5.91 Å². The Hall–Kier alpha value is -6.30. The Kier molecular flexibility index (Phi) is 10.2. The van der Waals surface area contributed by atoms with Crippen LogP contribution in [-0.4, -0.2) is 92.2 Å². The van der Waals surface area contributed by atoms with Gasteiger partial charge >= 0.3 is 0 Å². The van der Waals surface area contributed by atoms with Crippen LogP contribution in [0.5, 0.6) is 0 Å². The van der Waals surface area contributed by atoms with Crippen LogP contribution in [0.2, 0.25) is 0 Å². The molecule has 2 amide bonds. The van der Waals surface area contributed by atoms with Crippen molar-refractivity contribution in [2.45, 2.75) is 69.7 Å². The molecule has 4 aliphatic rings. The van der Waals surface area contributed by atoms with Gasteiger partial charge in [-0.15, -0.1) is 10.2 Å². The van der Waals surface area contributed by atoms with Crippen LogP contribution in [0, 0.1) is 11.7 Å². The summed E-state index contributed by atoms with van der Waals surface area (Å²) < 4.78 is 19.2. The van der Waals surface area contributed by atoms with Crippen molar-refractivity contribution in [3.8, 4) is 0 Å². The predicted octanol–water partition coefficient (Wildman–Crippen LogP) is 5.44. The maximum Gasteiger partial charge on any atom is 0.259 e. The summed E-state index contributed by atoms with van der Waals surface area (Å²) >= 11 is 0. The molecule has 4 aliphatic heterocycles. The number of piperidine rings is 4. The lowest BCUT2D eigenvalue weighted by atomic mass is 9.87. The molecule has 4 saturated heterocycles. The van der Waals surface area contributed by atoms with E-state index < -0.39 is 11.7 Å². The average molecular weight is 785 g/mol. The van der Waals surface area contributed by atoms with Crippen molar-refractivity contribution >= 4 is 57.3 Å². The Balaban J connectivity index is 0.830. The molecule has 298 valence electrons. The van der Waals surface area contributed by atoms with Gasteiger partial charge in [-0.1, -0.05) is 6.07 Å². The van der Waals surface area contributed by atoms with E-state index in [1.54, 1.807) is 28.8 Å². The zero-order chi connectivity index (χ0) is 39.8.